The zero-order valence-electron chi connectivity index (χ0n) is 11.8. The Bertz CT molecular complexity index is 191. The Morgan fingerprint density at radius 1 is 1.29 bits per heavy atom. The van der Waals surface area contributed by atoms with Crippen molar-refractivity contribution in [2.24, 2.45) is 5.92 Å². The van der Waals surface area contributed by atoms with Crippen molar-refractivity contribution in [3.8, 4) is 0 Å². The molecule has 3 heteroatoms. The van der Waals surface area contributed by atoms with Crippen molar-refractivity contribution in [2.45, 2.75) is 57.5 Å². The lowest BCUT2D eigenvalue weighted by Crippen LogP contribution is -2.44. The number of nitrogens with zero attached hydrogens (tertiary/aromatic N) is 1. The summed E-state index contributed by atoms with van der Waals surface area (Å²) in [5, 5.41) is 12.3. The van der Waals surface area contributed by atoms with Gasteiger partial charge < -0.3 is 15.3 Å². The van der Waals surface area contributed by atoms with E-state index in [1.54, 1.807) is 0 Å². The van der Waals surface area contributed by atoms with Crippen LogP contribution in [0, 0.1) is 5.92 Å². The van der Waals surface area contributed by atoms with Gasteiger partial charge in [0.1, 0.15) is 0 Å². The summed E-state index contributed by atoms with van der Waals surface area (Å²) in [5.74, 6) is 0.970. The molecule has 0 spiro atoms. The maximum Gasteiger partial charge on any atom is 0.0446 e. The molecule has 0 aliphatic heterocycles. The van der Waals surface area contributed by atoms with Crippen LogP contribution >= 0.6 is 0 Å². The minimum Gasteiger partial charge on any atom is -0.396 e. The number of hydrogen-bond acceptors (Lipinski definition) is 3. The number of hydrogen-bond donors (Lipinski definition) is 2. The van der Waals surface area contributed by atoms with Crippen LogP contribution in [-0.4, -0.2) is 49.3 Å². The fraction of sp³-hybridized carbons (Fsp3) is 1.00. The zero-order valence-corrected chi connectivity index (χ0v) is 11.8. The summed E-state index contributed by atoms with van der Waals surface area (Å²) < 4.78 is 0. The molecule has 1 saturated carbocycles. The van der Waals surface area contributed by atoms with Gasteiger partial charge in [0, 0.05) is 25.2 Å². The smallest absolute Gasteiger partial charge is 0.0446 e. The minimum atomic E-state index is 0.280. The number of aliphatic hydroxyl groups excluding tert-OH is 1. The number of aliphatic hydroxyl groups is 1. The van der Waals surface area contributed by atoms with Crippen LogP contribution in [0.25, 0.3) is 0 Å². The maximum absolute atomic E-state index is 9.00. The molecule has 0 aromatic carbocycles. The highest BCUT2D eigenvalue weighted by Gasteiger charge is 2.24. The first-order chi connectivity index (χ1) is 8.21. The van der Waals surface area contributed by atoms with Gasteiger partial charge in [0.15, 0.2) is 0 Å². The van der Waals surface area contributed by atoms with E-state index in [1.165, 1.54) is 32.1 Å². The van der Waals surface area contributed by atoms with Gasteiger partial charge in [0.25, 0.3) is 0 Å². The quantitative estimate of drug-likeness (QED) is 0.715. The standard InChI is InChI=1S/C14H30N2O/c1-4-12-5-7-14(8-6-12)16(3)11-13(15-2)9-10-17/h12-15,17H,4-11H2,1-3H3. The van der Waals surface area contributed by atoms with E-state index in [2.05, 4.69) is 24.2 Å². The molecule has 0 radical (unpaired) electrons. The van der Waals surface area contributed by atoms with E-state index < -0.39 is 0 Å². The Hall–Kier alpha value is -0.120. The van der Waals surface area contributed by atoms with Gasteiger partial charge in [0.2, 0.25) is 0 Å². The second-order valence-electron chi connectivity index (χ2n) is 5.52. The first-order valence-electron chi connectivity index (χ1n) is 7.19. The summed E-state index contributed by atoms with van der Waals surface area (Å²) in [6, 6.07) is 1.18. The Balaban J connectivity index is 2.30. The lowest BCUT2D eigenvalue weighted by Gasteiger charge is -2.36. The second kappa shape index (κ2) is 8.06. The molecule has 0 heterocycles. The van der Waals surface area contributed by atoms with Gasteiger partial charge in [-0.15, -0.1) is 0 Å². The minimum absolute atomic E-state index is 0.280. The van der Waals surface area contributed by atoms with Crippen molar-refractivity contribution in [1.29, 1.82) is 0 Å². The summed E-state index contributed by atoms with van der Waals surface area (Å²) >= 11 is 0. The van der Waals surface area contributed by atoms with Gasteiger partial charge in [-0.05, 0) is 52.1 Å². The average Bonchev–Trinajstić information content (AvgIpc) is 2.38. The molecular formula is C14H30N2O. The number of rotatable bonds is 7. The topological polar surface area (TPSA) is 35.5 Å². The molecule has 1 aliphatic rings. The van der Waals surface area contributed by atoms with Gasteiger partial charge in [-0.25, -0.2) is 0 Å². The lowest BCUT2D eigenvalue weighted by molar-refractivity contribution is 0.144. The van der Waals surface area contributed by atoms with Gasteiger partial charge in [-0.2, -0.15) is 0 Å². The van der Waals surface area contributed by atoms with Crippen molar-refractivity contribution in [3.05, 3.63) is 0 Å². The van der Waals surface area contributed by atoms with Crippen LogP contribution in [0.5, 0.6) is 0 Å². The van der Waals surface area contributed by atoms with Crippen molar-refractivity contribution < 1.29 is 5.11 Å². The van der Waals surface area contributed by atoms with Gasteiger partial charge in [0.05, 0.1) is 0 Å². The molecule has 17 heavy (non-hydrogen) atoms. The molecule has 1 unspecified atom stereocenters. The second-order valence-corrected chi connectivity index (χ2v) is 5.52. The van der Waals surface area contributed by atoms with Crippen LogP contribution in [0.4, 0.5) is 0 Å². The first kappa shape index (κ1) is 14.9. The third-order valence-electron chi connectivity index (χ3n) is 4.41. The van der Waals surface area contributed by atoms with E-state index in [1.807, 2.05) is 7.05 Å². The molecule has 3 nitrogen and oxygen atoms in total. The van der Waals surface area contributed by atoms with Crippen molar-refractivity contribution in [2.75, 3.05) is 27.2 Å². The molecule has 0 bridgehead atoms. The van der Waals surface area contributed by atoms with Crippen LogP contribution in [-0.2, 0) is 0 Å². The summed E-state index contributed by atoms with van der Waals surface area (Å²) in [6.07, 6.45) is 7.70. The summed E-state index contributed by atoms with van der Waals surface area (Å²) in [6.45, 7) is 3.65. The highest BCUT2D eigenvalue weighted by molar-refractivity contribution is 4.80. The fourth-order valence-corrected chi connectivity index (χ4v) is 2.97. The molecule has 1 rings (SSSR count). The van der Waals surface area contributed by atoms with Gasteiger partial charge >= 0.3 is 0 Å². The van der Waals surface area contributed by atoms with Crippen molar-refractivity contribution in [3.63, 3.8) is 0 Å². The molecule has 1 fully saturated rings. The molecular weight excluding hydrogens is 212 g/mol. The predicted octanol–water partition coefficient (Wildman–Crippen LogP) is 1.86. The Labute approximate surface area is 107 Å². The molecule has 0 aromatic rings. The molecule has 0 amide bonds. The van der Waals surface area contributed by atoms with Gasteiger partial charge in [-0.3, -0.25) is 0 Å². The molecule has 0 aromatic heterocycles. The predicted molar refractivity (Wildman–Crippen MR) is 73.2 cm³/mol. The Morgan fingerprint density at radius 3 is 2.41 bits per heavy atom. The number of nitrogens with one attached hydrogen (secondary N) is 1. The molecule has 0 saturated heterocycles. The van der Waals surface area contributed by atoms with Crippen molar-refractivity contribution in [1.82, 2.24) is 10.2 Å². The largest absolute Gasteiger partial charge is 0.396 e. The zero-order chi connectivity index (χ0) is 12.7. The van der Waals surface area contributed by atoms with Crippen LogP contribution < -0.4 is 5.32 Å². The molecule has 2 N–H and O–H groups in total. The molecule has 1 aliphatic carbocycles. The van der Waals surface area contributed by atoms with E-state index >= 15 is 0 Å². The van der Waals surface area contributed by atoms with E-state index in [0.717, 1.165) is 24.9 Å². The van der Waals surface area contributed by atoms with E-state index in [4.69, 9.17) is 5.11 Å². The van der Waals surface area contributed by atoms with E-state index in [0.29, 0.717) is 6.04 Å². The molecule has 1 atom stereocenters. The van der Waals surface area contributed by atoms with Crippen LogP contribution in [0.1, 0.15) is 45.4 Å². The van der Waals surface area contributed by atoms with Crippen LogP contribution in [0.15, 0.2) is 0 Å². The maximum atomic E-state index is 9.00. The highest BCUT2D eigenvalue weighted by atomic mass is 16.3. The molecule has 102 valence electrons. The third-order valence-corrected chi connectivity index (χ3v) is 4.41. The Kier molecular flexibility index (Phi) is 7.09. The van der Waals surface area contributed by atoms with Crippen LogP contribution in [0.3, 0.4) is 0 Å². The van der Waals surface area contributed by atoms with Crippen molar-refractivity contribution >= 4 is 0 Å². The monoisotopic (exact) mass is 242 g/mol. The van der Waals surface area contributed by atoms with E-state index in [-0.39, 0.29) is 6.61 Å². The highest BCUT2D eigenvalue weighted by Crippen LogP contribution is 2.28. The average molecular weight is 242 g/mol. The van der Waals surface area contributed by atoms with Gasteiger partial charge in [-0.1, -0.05) is 13.3 Å². The fourth-order valence-electron chi connectivity index (χ4n) is 2.97. The summed E-state index contributed by atoms with van der Waals surface area (Å²) in [5.41, 5.74) is 0. The lowest BCUT2D eigenvalue weighted by atomic mass is 9.84. The van der Waals surface area contributed by atoms with Crippen LogP contribution in [0.2, 0.25) is 0 Å². The first-order valence-corrected chi connectivity index (χ1v) is 7.19. The van der Waals surface area contributed by atoms with E-state index in [9.17, 15) is 0 Å². The normalized spacial score (nSPS) is 27.4. The Morgan fingerprint density at radius 2 is 1.94 bits per heavy atom. The summed E-state index contributed by atoms with van der Waals surface area (Å²) in [4.78, 5) is 2.49. The summed E-state index contributed by atoms with van der Waals surface area (Å²) in [7, 11) is 4.22. The third kappa shape index (κ3) is 4.94. The number of likely N-dealkylation sites (N-methyl/N-ethyl adjacent to an activating group) is 2. The SMILES string of the molecule is CCC1CCC(N(C)CC(CCO)NC)CC1.